The lowest BCUT2D eigenvalue weighted by Crippen LogP contribution is -2.39. The lowest BCUT2D eigenvalue weighted by atomic mass is 10.2. The summed E-state index contributed by atoms with van der Waals surface area (Å²) in [6.45, 7) is -0.811. The summed E-state index contributed by atoms with van der Waals surface area (Å²) in [5.74, 6) is 0.440. The monoisotopic (exact) mass is 666 g/mol. The molecule has 0 aliphatic carbocycles. The van der Waals surface area contributed by atoms with Gasteiger partial charge in [0.25, 0.3) is 21.8 Å². The number of benzene rings is 4. The van der Waals surface area contributed by atoms with Crippen molar-refractivity contribution >= 4 is 51.0 Å². The number of para-hydroxylation sites is 1. The van der Waals surface area contributed by atoms with Gasteiger partial charge in [0.15, 0.2) is 18.1 Å². The van der Waals surface area contributed by atoms with Crippen molar-refractivity contribution in [2.24, 2.45) is 5.10 Å². The maximum Gasteiger partial charge on any atom is 0.264 e. The summed E-state index contributed by atoms with van der Waals surface area (Å²) in [7, 11) is 0.0739. The van der Waals surface area contributed by atoms with Crippen molar-refractivity contribution in [2.45, 2.75) is 4.90 Å². The number of carbonyl (C=O) groups is 2. The number of sulfonamides is 1. The van der Waals surface area contributed by atoms with Crippen molar-refractivity contribution < 1.29 is 37.0 Å². The number of rotatable bonds is 14. The Morgan fingerprint density at radius 1 is 0.826 bits per heavy atom. The molecule has 4 aromatic carbocycles. The van der Waals surface area contributed by atoms with Gasteiger partial charge in [-0.2, -0.15) is 5.10 Å². The highest BCUT2D eigenvalue weighted by atomic mass is 35.5. The first-order valence-electron chi connectivity index (χ1n) is 13.6. The maximum atomic E-state index is 13.8. The normalized spacial score (nSPS) is 11.0. The van der Waals surface area contributed by atoms with Crippen LogP contribution in [-0.2, 0) is 19.6 Å². The third-order valence-corrected chi connectivity index (χ3v) is 8.49. The number of hydrazone groups is 1. The largest absolute Gasteiger partial charge is 0.497 e. The highest BCUT2D eigenvalue weighted by molar-refractivity contribution is 7.92. The van der Waals surface area contributed by atoms with Crippen molar-refractivity contribution in [3.63, 3.8) is 0 Å². The molecule has 0 heterocycles. The zero-order valence-electron chi connectivity index (χ0n) is 25.1. The van der Waals surface area contributed by atoms with Gasteiger partial charge in [-0.05, 0) is 78.4 Å². The minimum atomic E-state index is -4.24. The Morgan fingerprint density at radius 2 is 1.50 bits per heavy atom. The van der Waals surface area contributed by atoms with Crippen LogP contribution in [0.1, 0.15) is 5.56 Å². The van der Waals surface area contributed by atoms with Crippen LogP contribution < -0.4 is 34.0 Å². The second kappa shape index (κ2) is 15.6. The lowest BCUT2D eigenvalue weighted by Gasteiger charge is -2.24. The van der Waals surface area contributed by atoms with Gasteiger partial charge in [0.2, 0.25) is 0 Å². The molecule has 0 spiro atoms. The van der Waals surface area contributed by atoms with Gasteiger partial charge in [0.05, 0.1) is 48.8 Å². The third-order valence-electron chi connectivity index (χ3n) is 6.39. The average Bonchev–Trinajstić information content (AvgIpc) is 3.07. The molecule has 0 fully saturated rings. The Labute approximate surface area is 271 Å². The number of halogens is 1. The van der Waals surface area contributed by atoms with Crippen molar-refractivity contribution in [3.8, 4) is 23.0 Å². The van der Waals surface area contributed by atoms with E-state index in [2.05, 4.69) is 15.8 Å². The molecule has 0 aromatic heterocycles. The van der Waals surface area contributed by atoms with E-state index >= 15 is 0 Å². The number of anilines is 2. The van der Waals surface area contributed by atoms with Crippen LogP contribution in [-0.4, -0.2) is 60.9 Å². The minimum absolute atomic E-state index is 0.110. The molecule has 0 unspecified atom stereocenters. The van der Waals surface area contributed by atoms with Crippen LogP contribution in [0.15, 0.2) is 101 Å². The number of carbonyl (C=O) groups excluding carboxylic acids is 2. The van der Waals surface area contributed by atoms with Gasteiger partial charge >= 0.3 is 0 Å². The van der Waals surface area contributed by atoms with Crippen molar-refractivity contribution in [1.82, 2.24) is 5.43 Å². The van der Waals surface area contributed by atoms with E-state index in [4.69, 9.17) is 30.5 Å². The molecular weight excluding hydrogens is 636 g/mol. The van der Waals surface area contributed by atoms with Gasteiger partial charge in [0, 0.05) is 6.07 Å². The second-order valence-corrected chi connectivity index (χ2v) is 11.7. The highest BCUT2D eigenvalue weighted by Gasteiger charge is 2.28. The zero-order valence-corrected chi connectivity index (χ0v) is 26.7. The van der Waals surface area contributed by atoms with Gasteiger partial charge in [-0.3, -0.25) is 13.9 Å². The van der Waals surface area contributed by atoms with Crippen LogP contribution in [0.25, 0.3) is 0 Å². The van der Waals surface area contributed by atoms with Gasteiger partial charge in [-0.1, -0.05) is 23.7 Å². The van der Waals surface area contributed by atoms with E-state index in [1.807, 2.05) is 0 Å². The quantitative estimate of drug-likeness (QED) is 0.145. The molecule has 0 saturated heterocycles. The fourth-order valence-electron chi connectivity index (χ4n) is 4.06. The number of amides is 2. The SMILES string of the molecule is COc1ccc(N(CC(=O)N/N=C\c2ccc(OCC(=O)Nc3ccccc3Cl)cc2)S(=O)(=O)c2ccc(OC)c(OC)c2)cc1. The number of methoxy groups -OCH3 is 3. The Kier molecular flexibility index (Phi) is 11.4. The fourth-order valence-corrected chi connectivity index (χ4v) is 5.68. The Morgan fingerprint density at radius 3 is 2.15 bits per heavy atom. The smallest absolute Gasteiger partial charge is 0.264 e. The van der Waals surface area contributed by atoms with Gasteiger partial charge in [-0.25, -0.2) is 13.8 Å². The molecule has 0 aliphatic rings. The molecular formula is C32H31ClN4O8S. The first-order chi connectivity index (χ1) is 22.1. The van der Waals surface area contributed by atoms with E-state index in [0.717, 1.165) is 4.31 Å². The molecule has 0 saturated carbocycles. The fraction of sp³-hybridized carbons (Fsp3) is 0.156. The van der Waals surface area contributed by atoms with Crippen molar-refractivity contribution in [1.29, 1.82) is 0 Å². The molecule has 240 valence electrons. The van der Waals surface area contributed by atoms with E-state index in [1.165, 1.54) is 57.9 Å². The van der Waals surface area contributed by atoms with Crippen LogP contribution in [0.4, 0.5) is 11.4 Å². The molecule has 2 amide bonds. The highest BCUT2D eigenvalue weighted by Crippen LogP contribution is 2.32. The van der Waals surface area contributed by atoms with Crippen LogP contribution in [0.2, 0.25) is 5.02 Å². The van der Waals surface area contributed by atoms with E-state index in [0.29, 0.717) is 33.5 Å². The first-order valence-corrected chi connectivity index (χ1v) is 15.4. The molecule has 4 rings (SSSR count). The lowest BCUT2D eigenvalue weighted by molar-refractivity contribution is -0.119. The molecule has 0 atom stereocenters. The van der Waals surface area contributed by atoms with E-state index in [1.54, 1.807) is 60.7 Å². The minimum Gasteiger partial charge on any atom is -0.497 e. The number of nitrogens with zero attached hydrogens (tertiary/aromatic N) is 2. The molecule has 46 heavy (non-hydrogen) atoms. The molecule has 4 aromatic rings. The van der Waals surface area contributed by atoms with Gasteiger partial charge < -0.3 is 24.3 Å². The Bertz CT molecular complexity index is 1800. The average molecular weight is 667 g/mol. The van der Waals surface area contributed by atoms with Crippen molar-refractivity contribution in [3.05, 3.63) is 102 Å². The van der Waals surface area contributed by atoms with Crippen LogP contribution in [0.3, 0.4) is 0 Å². The molecule has 0 radical (unpaired) electrons. The summed E-state index contributed by atoms with van der Waals surface area (Å²) in [6.07, 6.45) is 1.38. The maximum absolute atomic E-state index is 13.8. The number of hydrogen-bond donors (Lipinski definition) is 2. The number of nitrogens with one attached hydrogen (secondary N) is 2. The molecule has 12 nitrogen and oxygen atoms in total. The van der Waals surface area contributed by atoms with E-state index in [-0.39, 0.29) is 28.8 Å². The van der Waals surface area contributed by atoms with Crippen LogP contribution >= 0.6 is 11.6 Å². The number of hydrogen-bond acceptors (Lipinski definition) is 9. The summed E-state index contributed by atoms with van der Waals surface area (Å²) in [6, 6.07) is 23.8. The summed E-state index contributed by atoms with van der Waals surface area (Å²) in [5.41, 5.74) is 3.68. The van der Waals surface area contributed by atoms with Crippen molar-refractivity contribution in [2.75, 3.05) is 44.1 Å². The Hall–Kier alpha value is -5.27. The summed E-state index contributed by atoms with van der Waals surface area (Å²) in [4.78, 5) is 25.0. The van der Waals surface area contributed by atoms with Gasteiger partial charge in [-0.15, -0.1) is 0 Å². The van der Waals surface area contributed by atoms with Crippen LogP contribution in [0, 0.1) is 0 Å². The second-order valence-electron chi connectivity index (χ2n) is 9.41. The topological polar surface area (TPSA) is 145 Å². The van der Waals surface area contributed by atoms with E-state index in [9.17, 15) is 18.0 Å². The standard InChI is InChI=1S/C32H31ClN4O8S/c1-42-24-14-10-23(11-15-24)37(46(40,41)26-16-17-29(43-2)30(18-26)44-3)20-31(38)36-34-19-22-8-12-25(13-9-22)45-21-32(39)35-28-7-5-4-6-27(28)33/h4-19H,20-21H2,1-3H3,(H,35,39)(H,36,38)/b34-19-. The molecule has 0 bridgehead atoms. The molecule has 0 aliphatic heterocycles. The van der Waals surface area contributed by atoms with Crippen LogP contribution in [0.5, 0.6) is 23.0 Å². The van der Waals surface area contributed by atoms with E-state index < -0.39 is 22.5 Å². The Balaban J connectivity index is 1.40. The predicted octanol–water partition coefficient (Wildman–Crippen LogP) is 4.73. The van der Waals surface area contributed by atoms with Gasteiger partial charge in [0.1, 0.15) is 18.0 Å². The summed E-state index contributed by atoms with van der Waals surface area (Å²) in [5, 5.41) is 7.05. The summed E-state index contributed by atoms with van der Waals surface area (Å²) >= 11 is 6.06. The first kappa shape index (κ1) is 33.6. The summed E-state index contributed by atoms with van der Waals surface area (Å²) < 4.78 is 49.7. The molecule has 14 heteroatoms. The zero-order chi connectivity index (χ0) is 33.1. The predicted molar refractivity (Wildman–Crippen MR) is 175 cm³/mol. The number of ether oxygens (including phenoxy) is 4. The third kappa shape index (κ3) is 8.67. The molecule has 2 N–H and O–H groups in total.